The summed E-state index contributed by atoms with van der Waals surface area (Å²) in [5.74, 6) is -0.400. The zero-order valence-electron chi connectivity index (χ0n) is 9.99. The van der Waals surface area contributed by atoms with Crippen molar-refractivity contribution >= 4 is 5.97 Å². The van der Waals surface area contributed by atoms with E-state index in [1.54, 1.807) is 13.8 Å². The summed E-state index contributed by atoms with van der Waals surface area (Å²) in [6, 6.07) is 0. The van der Waals surface area contributed by atoms with E-state index in [-0.39, 0.29) is 6.54 Å². The first-order valence-corrected chi connectivity index (χ1v) is 5.03. The Morgan fingerprint density at radius 2 is 1.62 bits per heavy atom. The molecule has 0 radical (unpaired) electrons. The third-order valence-corrected chi connectivity index (χ3v) is 2.55. The van der Waals surface area contributed by atoms with Crippen LogP contribution < -0.4 is 5.32 Å². The van der Waals surface area contributed by atoms with Crippen LogP contribution in [-0.4, -0.2) is 60.3 Å². The maximum absolute atomic E-state index is 11.4. The van der Waals surface area contributed by atoms with Gasteiger partial charge in [-0.1, -0.05) is 0 Å². The summed E-state index contributed by atoms with van der Waals surface area (Å²) in [5.41, 5.74) is -1.97. The summed E-state index contributed by atoms with van der Waals surface area (Å²) >= 11 is 0. The Bertz CT molecular complexity index is 217. The van der Waals surface area contributed by atoms with Gasteiger partial charge in [-0.25, -0.2) is 0 Å². The van der Waals surface area contributed by atoms with Crippen molar-refractivity contribution in [3.63, 3.8) is 0 Å². The second kappa shape index (κ2) is 6.15. The molecule has 0 spiro atoms. The lowest BCUT2D eigenvalue weighted by molar-refractivity contribution is -0.150. The van der Waals surface area contributed by atoms with E-state index in [4.69, 9.17) is 15.3 Å². The van der Waals surface area contributed by atoms with E-state index in [1.807, 2.05) is 0 Å². The van der Waals surface area contributed by atoms with Crippen molar-refractivity contribution in [2.45, 2.75) is 19.4 Å². The molecule has 0 aliphatic carbocycles. The maximum atomic E-state index is 11.4. The molecule has 6 heteroatoms. The number of carbonyl (C=O) groups excluding carboxylic acids is 1. The number of esters is 1. The van der Waals surface area contributed by atoms with Crippen LogP contribution in [0.4, 0.5) is 0 Å². The molecule has 4 N–H and O–H groups in total. The van der Waals surface area contributed by atoms with Crippen molar-refractivity contribution in [2.24, 2.45) is 5.41 Å². The van der Waals surface area contributed by atoms with Crippen molar-refractivity contribution < 1.29 is 24.9 Å². The van der Waals surface area contributed by atoms with Crippen LogP contribution in [0.15, 0.2) is 0 Å². The van der Waals surface area contributed by atoms with Gasteiger partial charge in [0.25, 0.3) is 0 Å². The average Bonchev–Trinajstić information content (AvgIpc) is 2.30. The van der Waals surface area contributed by atoms with E-state index < -0.39 is 36.7 Å². The molecule has 0 aromatic heterocycles. The van der Waals surface area contributed by atoms with Crippen LogP contribution in [0, 0.1) is 5.41 Å². The summed E-state index contributed by atoms with van der Waals surface area (Å²) in [7, 11) is 1.29. The van der Waals surface area contributed by atoms with Crippen molar-refractivity contribution in [3.05, 3.63) is 0 Å². The van der Waals surface area contributed by atoms with Crippen molar-refractivity contribution in [3.8, 4) is 0 Å². The molecule has 16 heavy (non-hydrogen) atoms. The predicted molar refractivity (Wildman–Crippen MR) is 57.8 cm³/mol. The van der Waals surface area contributed by atoms with Gasteiger partial charge in [0.15, 0.2) is 0 Å². The molecule has 0 aliphatic heterocycles. The fourth-order valence-corrected chi connectivity index (χ4v) is 1.07. The van der Waals surface area contributed by atoms with Gasteiger partial charge in [0.05, 0.1) is 37.9 Å². The minimum absolute atomic E-state index is 0.182. The Kier molecular flexibility index (Phi) is 5.88. The quantitative estimate of drug-likeness (QED) is 0.400. The van der Waals surface area contributed by atoms with Crippen molar-refractivity contribution in [2.75, 3.05) is 33.5 Å². The molecule has 0 unspecified atom stereocenters. The Morgan fingerprint density at radius 3 is 1.94 bits per heavy atom. The van der Waals surface area contributed by atoms with Crippen LogP contribution in [0.2, 0.25) is 0 Å². The zero-order chi connectivity index (χ0) is 12.8. The minimum Gasteiger partial charge on any atom is -0.469 e. The molecular weight excluding hydrogens is 214 g/mol. The van der Waals surface area contributed by atoms with E-state index >= 15 is 0 Å². The highest BCUT2D eigenvalue weighted by Gasteiger charge is 2.34. The van der Waals surface area contributed by atoms with Crippen LogP contribution in [-0.2, 0) is 9.53 Å². The van der Waals surface area contributed by atoms with Crippen LogP contribution in [0.25, 0.3) is 0 Å². The topological polar surface area (TPSA) is 99.0 Å². The van der Waals surface area contributed by atoms with Gasteiger partial charge in [0, 0.05) is 6.54 Å². The monoisotopic (exact) mass is 235 g/mol. The molecule has 0 atom stereocenters. The van der Waals surface area contributed by atoms with Crippen molar-refractivity contribution in [1.82, 2.24) is 5.32 Å². The first-order valence-electron chi connectivity index (χ1n) is 5.03. The van der Waals surface area contributed by atoms with Gasteiger partial charge in [-0.3, -0.25) is 4.79 Å². The summed E-state index contributed by atoms with van der Waals surface area (Å²) in [6.07, 6.45) is 0. The van der Waals surface area contributed by atoms with E-state index in [9.17, 15) is 4.79 Å². The second-order valence-corrected chi connectivity index (χ2v) is 4.48. The lowest BCUT2D eigenvalue weighted by Crippen LogP contribution is -2.57. The number of hydrogen-bond acceptors (Lipinski definition) is 6. The summed E-state index contributed by atoms with van der Waals surface area (Å²) in [4.78, 5) is 11.4. The summed E-state index contributed by atoms with van der Waals surface area (Å²) < 4.78 is 4.61. The summed E-state index contributed by atoms with van der Waals surface area (Å²) in [5, 5.41) is 30.0. The number of ether oxygens (including phenoxy) is 1. The highest BCUT2D eigenvalue weighted by atomic mass is 16.5. The third-order valence-electron chi connectivity index (χ3n) is 2.55. The molecule has 96 valence electrons. The zero-order valence-corrected chi connectivity index (χ0v) is 9.99. The normalized spacial score (nSPS) is 12.6. The fourth-order valence-electron chi connectivity index (χ4n) is 1.07. The number of aliphatic hydroxyl groups excluding tert-OH is 3. The van der Waals surface area contributed by atoms with E-state index in [0.29, 0.717) is 0 Å². The number of methoxy groups -OCH3 is 1. The minimum atomic E-state index is -1.18. The highest BCUT2D eigenvalue weighted by molar-refractivity contribution is 5.76. The van der Waals surface area contributed by atoms with Crippen LogP contribution in [0.3, 0.4) is 0 Å². The molecule has 6 nitrogen and oxygen atoms in total. The number of rotatable bonds is 7. The Balaban J connectivity index is 4.46. The van der Waals surface area contributed by atoms with Gasteiger partial charge in [-0.05, 0) is 13.8 Å². The molecular formula is C10H21NO5. The third kappa shape index (κ3) is 3.71. The first kappa shape index (κ1) is 15.3. The Hall–Kier alpha value is -0.690. The van der Waals surface area contributed by atoms with E-state index in [0.717, 1.165) is 0 Å². The lowest BCUT2D eigenvalue weighted by Gasteiger charge is -2.32. The van der Waals surface area contributed by atoms with Gasteiger partial charge in [0.2, 0.25) is 0 Å². The predicted octanol–water partition coefficient (Wildman–Crippen LogP) is -1.51. The molecule has 0 bridgehead atoms. The molecule has 0 aromatic carbocycles. The largest absolute Gasteiger partial charge is 0.469 e. The SMILES string of the molecule is COC(=O)C(C)(C)CNC(CO)(CO)CO. The maximum Gasteiger partial charge on any atom is 0.312 e. The van der Waals surface area contributed by atoms with Crippen LogP contribution >= 0.6 is 0 Å². The second-order valence-electron chi connectivity index (χ2n) is 4.48. The molecule has 0 saturated heterocycles. The Morgan fingerprint density at radius 1 is 1.19 bits per heavy atom. The molecule has 0 aromatic rings. The molecule has 0 saturated carbocycles. The van der Waals surface area contributed by atoms with Crippen molar-refractivity contribution in [1.29, 1.82) is 0 Å². The number of carbonyl (C=O) groups is 1. The number of hydrogen-bond donors (Lipinski definition) is 4. The van der Waals surface area contributed by atoms with Gasteiger partial charge >= 0.3 is 5.97 Å². The number of nitrogens with one attached hydrogen (secondary N) is 1. The molecule has 0 fully saturated rings. The summed E-state index contributed by atoms with van der Waals surface area (Å²) in [6.45, 7) is 2.26. The van der Waals surface area contributed by atoms with Gasteiger partial charge in [-0.15, -0.1) is 0 Å². The lowest BCUT2D eigenvalue weighted by atomic mass is 9.91. The van der Waals surface area contributed by atoms with Gasteiger partial charge < -0.3 is 25.4 Å². The standard InChI is InChI=1S/C10H21NO5/c1-9(2,8(15)16-3)4-11-10(5-12,6-13)7-14/h11-14H,4-7H2,1-3H3. The smallest absolute Gasteiger partial charge is 0.312 e. The number of aliphatic hydroxyl groups is 3. The first-order chi connectivity index (χ1) is 7.37. The van der Waals surface area contributed by atoms with Gasteiger partial charge in [-0.2, -0.15) is 0 Å². The molecule has 0 amide bonds. The van der Waals surface area contributed by atoms with E-state index in [1.165, 1.54) is 7.11 Å². The Labute approximate surface area is 95.2 Å². The van der Waals surface area contributed by atoms with E-state index in [2.05, 4.69) is 10.1 Å². The van der Waals surface area contributed by atoms with Crippen LogP contribution in [0.5, 0.6) is 0 Å². The highest BCUT2D eigenvalue weighted by Crippen LogP contribution is 2.17. The fraction of sp³-hybridized carbons (Fsp3) is 0.900. The average molecular weight is 235 g/mol. The molecule has 0 rings (SSSR count). The molecule has 0 aliphatic rings. The van der Waals surface area contributed by atoms with Gasteiger partial charge in [0.1, 0.15) is 0 Å². The van der Waals surface area contributed by atoms with Crippen LogP contribution in [0.1, 0.15) is 13.8 Å². The molecule has 0 heterocycles.